The van der Waals surface area contributed by atoms with Crippen molar-refractivity contribution in [1.82, 2.24) is 14.8 Å². The molecule has 0 radical (unpaired) electrons. The minimum absolute atomic E-state index is 0.0554. The van der Waals surface area contributed by atoms with Crippen LogP contribution in [-0.4, -0.2) is 98.3 Å². The molecule has 0 spiro atoms. The summed E-state index contributed by atoms with van der Waals surface area (Å²) in [6.07, 6.45) is 0.631. The fraction of sp³-hybridized carbons (Fsp3) is 0.464. The van der Waals surface area contributed by atoms with Crippen molar-refractivity contribution >= 4 is 23.4 Å². The van der Waals surface area contributed by atoms with E-state index in [2.05, 4.69) is 9.88 Å². The highest BCUT2D eigenvalue weighted by Crippen LogP contribution is 2.43. The summed E-state index contributed by atoms with van der Waals surface area (Å²) in [6, 6.07) is 4.28. The average Bonchev–Trinajstić information content (AvgIpc) is 3.39. The van der Waals surface area contributed by atoms with E-state index in [1.165, 1.54) is 26.2 Å². The number of aromatic amines is 1. The van der Waals surface area contributed by atoms with E-state index in [0.29, 0.717) is 54.5 Å². The third-order valence-corrected chi connectivity index (χ3v) is 7.30. The number of aryl methyl sites for hydroxylation is 1. The minimum Gasteiger partial charge on any atom is -0.507 e. The Hall–Kier alpha value is -3.83. The number of benzene rings is 1. The van der Waals surface area contributed by atoms with Gasteiger partial charge in [0.25, 0.3) is 11.7 Å². The number of H-pyrrole nitrogens is 1. The number of nitrogens with zero attached hydrogens (tertiary/aromatic N) is 2. The van der Waals surface area contributed by atoms with E-state index in [1.54, 1.807) is 32.0 Å². The van der Waals surface area contributed by atoms with Crippen molar-refractivity contribution < 1.29 is 38.4 Å². The summed E-state index contributed by atoms with van der Waals surface area (Å²) in [4.78, 5) is 45.8. The molecule has 39 heavy (non-hydrogen) atoms. The van der Waals surface area contributed by atoms with Crippen LogP contribution in [0.25, 0.3) is 5.76 Å². The number of Topliss-reactive ketones (excluding diaryl/α,β-unsaturated/α-hetero) is 1. The van der Waals surface area contributed by atoms with Crippen molar-refractivity contribution in [2.75, 3.05) is 60.7 Å². The zero-order valence-corrected chi connectivity index (χ0v) is 23.0. The number of aliphatic hydroxyl groups excluding tert-OH is 1. The normalized spacial score (nSPS) is 19.4. The number of rotatable bonds is 9. The number of likely N-dealkylation sites (tertiary alicyclic amines) is 1. The Morgan fingerprint density at radius 1 is 1.08 bits per heavy atom. The summed E-state index contributed by atoms with van der Waals surface area (Å²) in [7, 11) is 4.28. The predicted octanol–water partition coefficient (Wildman–Crippen LogP) is 2.58. The van der Waals surface area contributed by atoms with Gasteiger partial charge in [0, 0.05) is 37.4 Å². The Balaban J connectivity index is 1.79. The van der Waals surface area contributed by atoms with Crippen molar-refractivity contribution in [2.24, 2.45) is 0 Å². The summed E-state index contributed by atoms with van der Waals surface area (Å²) in [5.74, 6) is -1.53. The fourth-order valence-corrected chi connectivity index (χ4v) is 5.32. The number of aliphatic hydroxyl groups is 1. The topological polar surface area (TPSA) is 131 Å². The lowest BCUT2D eigenvalue weighted by Gasteiger charge is -2.29. The van der Waals surface area contributed by atoms with Gasteiger partial charge in [0.2, 0.25) is 0 Å². The van der Waals surface area contributed by atoms with E-state index in [0.717, 1.165) is 19.6 Å². The van der Waals surface area contributed by atoms with Crippen LogP contribution in [0.2, 0.25) is 0 Å². The zero-order valence-electron chi connectivity index (χ0n) is 23.0. The maximum absolute atomic E-state index is 13.5. The molecule has 0 bridgehead atoms. The highest BCUT2D eigenvalue weighted by atomic mass is 16.5. The standard InChI is InChI=1S/C28H35N3O8/c1-16-21(17(2)29-23(16)28(35)38-5)25(32)22-24(18-7-8-19(36-3)20(15-18)37-4)31(27(34)26(22)33)10-6-9-30-11-13-39-14-12-30/h7-8,15,24,29,32H,6,9-14H2,1-5H3/t24-/m1/s1. The van der Waals surface area contributed by atoms with Crippen LogP contribution in [0.3, 0.4) is 0 Å². The number of carbonyl (C=O) groups is 3. The van der Waals surface area contributed by atoms with Crippen molar-refractivity contribution in [3.63, 3.8) is 0 Å². The van der Waals surface area contributed by atoms with Gasteiger partial charge in [-0.1, -0.05) is 6.07 Å². The molecule has 2 aromatic rings. The molecule has 0 unspecified atom stereocenters. The lowest BCUT2D eigenvalue weighted by Crippen LogP contribution is -2.39. The molecule has 3 heterocycles. The molecule has 1 aromatic heterocycles. The maximum Gasteiger partial charge on any atom is 0.354 e. The van der Waals surface area contributed by atoms with Crippen molar-refractivity contribution in [3.8, 4) is 11.5 Å². The van der Waals surface area contributed by atoms with Gasteiger partial charge >= 0.3 is 5.97 Å². The van der Waals surface area contributed by atoms with Crippen LogP contribution in [0.15, 0.2) is 23.8 Å². The highest BCUT2D eigenvalue weighted by Gasteiger charge is 2.46. The molecule has 2 aliphatic rings. The first-order valence-corrected chi connectivity index (χ1v) is 12.8. The van der Waals surface area contributed by atoms with Crippen molar-refractivity contribution in [2.45, 2.75) is 26.3 Å². The molecule has 1 aromatic carbocycles. The molecule has 2 aliphatic heterocycles. The number of amides is 1. The van der Waals surface area contributed by atoms with Gasteiger partial charge in [-0.15, -0.1) is 0 Å². The summed E-state index contributed by atoms with van der Waals surface area (Å²) in [6.45, 7) is 7.32. The van der Waals surface area contributed by atoms with E-state index in [-0.39, 0.29) is 22.6 Å². The van der Waals surface area contributed by atoms with Crippen LogP contribution in [0.4, 0.5) is 0 Å². The van der Waals surface area contributed by atoms with Crippen LogP contribution >= 0.6 is 0 Å². The largest absolute Gasteiger partial charge is 0.507 e. The first-order chi connectivity index (χ1) is 18.7. The van der Waals surface area contributed by atoms with Crippen molar-refractivity contribution in [1.29, 1.82) is 0 Å². The van der Waals surface area contributed by atoms with Crippen molar-refractivity contribution in [3.05, 3.63) is 51.9 Å². The van der Waals surface area contributed by atoms with Gasteiger partial charge < -0.3 is 33.9 Å². The molecule has 2 saturated heterocycles. The second-order valence-electron chi connectivity index (χ2n) is 9.53. The number of nitrogens with one attached hydrogen (secondary N) is 1. The Labute approximate surface area is 227 Å². The Bertz CT molecular complexity index is 1290. The number of morpholine rings is 1. The van der Waals surface area contributed by atoms with Crippen LogP contribution in [-0.2, 0) is 19.1 Å². The van der Waals surface area contributed by atoms with Crippen LogP contribution in [0, 0.1) is 13.8 Å². The predicted molar refractivity (Wildman–Crippen MR) is 142 cm³/mol. The van der Waals surface area contributed by atoms with E-state index >= 15 is 0 Å². The van der Waals surface area contributed by atoms with Crippen LogP contribution in [0.1, 0.15) is 45.3 Å². The molecule has 1 atom stereocenters. The quantitative estimate of drug-likeness (QED) is 0.213. The molecule has 0 aliphatic carbocycles. The SMILES string of the molecule is COC(=O)c1[nH]c(C)c(C(O)=C2C(=O)C(=O)N(CCCN3CCOCC3)[C@@H]2c2ccc(OC)c(OC)c2)c1C. The van der Waals surface area contributed by atoms with E-state index in [1.807, 2.05) is 0 Å². The summed E-state index contributed by atoms with van der Waals surface area (Å²) in [5.41, 5.74) is 1.86. The lowest BCUT2D eigenvalue weighted by molar-refractivity contribution is -0.140. The second-order valence-corrected chi connectivity index (χ2v) is 9.53. The number of hydrogen-bond donors (Lipinski definition) is 2. The molecule has 11 heteroatoms. The summed E-state index contributed by atoms with van der Waals surface area (Å²) >= 11 is 0. The van der Waals surface area contributed by atoms with Gasteiger partial charge in [0.05, 0.1) is 46.2 Å². The molecule has 210 valence electrons. The van der Waals surface area contributed by atoms with Gasteiger partial charge in [-0.2, -0.15) is 0 Å². The van der Waals surface area contributed by atoms with Gasteiger partial charge in [-0.3, -0.25) is 14.5 Å². The lowest BCUT2D eigenvalue weighted by atomic mass is 9.93. The third kappa shape index (κ3) is 5.37. The first-order valence-electron chi connectivity index (χ1n) is 12.8. The van der Waals surface area contributed by atoms with Gasteiger partial charge in [0.1, 0.15) is 11.5 Å². The molecular formula is C28H35N3O8. The highest BCUT2D eigenvalue weighted by molar-refractivity contribution is 6.46. The van der Waals surface area contributed by atoms with Crippen LogP contribution < -0.4 is 9.47 Å². The molecule has 1 amide bonds. The Morgan fingerprint density at radius 3 is 2.41 bits per heavy atom. The van der Waals surface area contributed by atoms with E-state index in [4.69, 9.17) is 18.9 Å². The first kappa shape index (κ1) is 28.2. The number of ether oxygens (including phenoxy) is 4. The minimum atomic E-state index is -0.871. The summed E-state index contributed by atoms with van der Waals surface area (Å²) in [5, 5.41) is 11.6. The Kier molecular flexibility index (Phi) is 8.61. The molecule has 2 fully saturated rings. The number of hydrogen-bond acceptors (Lipinski definition) is 9. The van der Waals surface area contributed by atoms with Gasteiger partial charge in [-0.25, -0.2) is 4.79 Å². The molecule has 11 nitrogen and oxygen atoms in total. The molecule has 2 N–H and O–H groups in total. The summed E-state index contributed by atoms with van der Waals surface area (Å²) < 4.78 is 21.1. The van der Waals surface area contributed by atoms with E-state index in [9.17, 15) is 19.5 Å². The molecular weight excluding hydrogens is 506 g/mol. The fourth-order valence-electron chi connectivity index (χ4n) is 5.32. The average molecular weight is 542 g/mol. The molecule has 4 rings (SSSR count). The zero-order chi connectivity index (χ0) is 28.3. The number of aromatic nitrogens is 1. The Morgan fingerprint density at radius 2 is 1.77 bits per heavy atom. The van der Waals surface area contributed by atoms with E-state index < -0.39 is 23.7 Å². The molecule has 0 saturated carbocycles. The number of methoxy groups -OCH3 is 3. The monoisotopic (exact) mass is 541 g/mol. The number of esters is 1. The second kappa shape index (κ2) is 11.9. The third-order valence-electron chi connectivity index (χ3n) is 7.30. The number of carbonyl (C=O) groups excluding carboxylic acids is 3. The smallest absolute Gasteiger partial charge is 0.354 e. The number of ketones is 1. The van der Waals surface area contributed by atoms with Gasteiger partial charge in [0.15, 0.2) is 11.5 Å². The van der Waals surface area contributed by atoms with Crippen LogP contribution in [0.5, 0.6) is 11.5 Å². The van der Waals surface area contributed by atoms with Gasteiger partial charge in [-0.05, 0) is 43.5 Å². The maximum atomic E-state index is 13.5.